The Labute approximate surface area is 118 Å². The van der Waals surface area contributed by atoms with Crippen LogP contribution >= 0.6 is 11.6 Å². The first-order valence-corrected chi connectivity index (χ1v) is 6.96. The molecule has 19 heavy (non-hydrogen) atoms. The van der Waals surface area contributed by atoms with Gasteiger partial charge in [0, 0.05) is 17.6 Å². The van der Waals surface area contributed by atoms with Gasteiger partial charge >= 0.3 is 0 Å². The fraction of sp³-hybridized carbons (Fsp3) is 0.500. The zero-order valence-electron chi connectivity index (χ0n) is 11.0. The Morgan fingerprint density at radius 3 is 2.84 bits per heavy atom. The van der Waals surface area contributed by atoms with Crippen molar-refractivity contribution in [2.24, 2.45) is 0 Å². The summed E-state index contributed by atoms with van der Waals surface area (Å²) in [6.45, 7) is 4.87. The van der Waals surface area contributed by atoms with Crippen molar-refractivity contribution in [2.75, 3.05) is 19.6 Å². The number of nitrogens with one attached hydrogen (secondary N) is 1. The molecule has 2 rings (SSSR count). The van der Waals surface area contributed by atoms with E-state index in [9.17, 15) is 9.90 Å². The van der Waals surface area contributed by atoms with E-state index in [2.05, 4.69) is 17.1 Å². The highest BCUT2D eigenvalue weighted by Crippen LogP contribution is 2.21. The van der Waals surface area contributed by atoms with Gasteiger partial charge in [-0.15, -0.1) is 0 Å². The fourth-order valence-corrected chi connectivity index (χ4v) is 2.51. The average Bonchev–Trinajstić information content (AvgIpc) is 2.92. The Morgan fingerprint density at radius 1 is 1.47 bits per heavy atom. The van der Waals surface area contributed by atoms with E-state index >= 15 is 0 Å². The van der Waals surface area contributed by atoms with Crippen molar-refractivity contribution in [3.8, 4) is 5.75 Å². The van der Waals surface area contributed by atoms with Gasteiger partial charge in [-0.2, -0.15) is 0 Å². The summed E-state index contributed by atoms with van der Waals surface area (Å²) in [6.07, 6.45) is 2.46. The molecule has 1 unspecified atom stereocenters. The minimum atomic E-state index is -0.286. The predicted octanol–water partition coefficient (Wildman–Crippen LogP) is 2.26. The van der Waals surface area contributed by atoms with E-state index in [1.165, 1.54) is 25.0 Å². The van der Waals surface area contributed by atoms with E-state index in [4.69, 9.17) is 11.6 Å². The maximum atomic E-state index is 12.0. The van der Waals surface area contributed by atoms with Gasteiger partial charge in [0.05, 0.1) is 5.56 Å². The minimum Gasteiger partial charge on any atom is -0.507 e. The molecule has 0 spiro atoms. The Kier molecular flexibility index (Phi) is 4.66. The van der Waals surface area contributed by atoms with Crippen LogP contribution < -0.4 is 5.32 Å². The Bertz CT molecular complexity index is 459. The Balaban J connectivity index is 1.91. The molecule has 0 radical (unpaired) electrons. The van der Waals surface area contributed by atoms with Crippen LogP contribution in [-0.4, -0.2) is 41.6 Å². The molecule has 1 aliphatic heterocycles. The van der Waals surface area contributed by atoms with E-state index in [0.717, 1.165) is 13.1 Å². The number of benzene rings is 1. The first kappa shape index (κ1) is 14.2. The minimum absolute atomic E-state index is 0.0456. The summed E-state index contributed by atoms with van der Waals surface area (Å²) >= 11 is 5.83. The Morgan fingerprint density at radius 2 is 2.16 bits per heavy atom. The van der Waals surface area contributed by atoms with Gasteiger partial charge in [-0.05, 0) is 51.1 Å². The van der Waals surface area contributed by atoms with Crippen LogP contribution in [0.15, 0.2) is 18.2 Å². The van der Waals surface area contributed by atoms with Gasteiger partial charge in [0.25, 0.3) is 5.91 Å². The van der Waals surface area contributed by atoms with Crippen LogP contribution in [0.5, 0.6) is 5.75 Å². The smallest absolute Gasteiger partial charge is 0.255 e. The molecule has 4 nitrogen and oxygen atoms in total. The molecule has 1 aromatic carbocycles. The number of phenolic OH excluding ortho intramolecular Hbond substituents is 1. The molecule has 1 fully saturated rings. The molecule has 104 valence electrons. The van der Waals surface area contributed by atoms with Crippen molar-refractivity contribution in [2.45, 2.75) is 25.8 Å². The second kappa shape index (κ2) is 6.26. The highest BCUT2D eigenvalue weighted by molar-refractivity contribution is 6.31. The summed E-state index contributed by atoms with van der Waals surface area (Å²) in [5, 5.41) is 12.9. The van der Waals surface area contributed by atoms with Crippen LogP contribution in [0.2, 0.25) is 5.02 Å². The molecule has 1 heterocycles. The monoisotopic (exact) mass is 282 g/mol. The predicted molar refractivity (Wildman–Crippen MR) is 75.7 cm³/mol. The number of hydrogen-bond donors (Lipinski definition) is 2. The quantitative estimate of drug-likeness (QED) is 0.891. The van der Waals surface area contributed by atoms with Crippen LogP contribution in [0.1, 0.15) is 30.1 Å². The van der Waals surface area contributed by atoms with Crippen molar-refractivity contribution in [3.05, 3.63) is 28.8 Å². The maximum Gasteiger partial charge on any atom is 0.255 e. The highest BCUT2D eigenvalue weighted by Gasteiger charge is 2.19. The molecular weight excluding hydrogens is 264 g/mol. The molecule has 0 aromatic heterocycles. The van der Waals surface area contributed by atoms with Gasteiger partial charge in [-0.1, -0.05) is 11.6 Å². The number of carbonyl (C=O) groups is 1. The van der Waals surface area contributed by atoms with Gasteiger partial charge in [-0.3, -0.25) is 9.69 Å². The number of likely N-dealkylation sites (tertiary alicyclic amines) is 1. The molecular formula is C14H19ClN2O2. The van der Waals surface area contributed by atoms with Crippen molar-refractivity contribution in [1.29, 1.82) is 0 Å². The van der Waals surface area contributed by atoms with E-state index in [1.807, 2.05) is 0 Å². The summed E-state index contributed by atoms with van der Waals surface area (Å²) in [4.78, 5) is 14.3. The molecule has 0 aliphatic carbocycles. The lowest BCUT2D eigenvalue weighted by Gasteiger charge is -2.23. The third kappa shape index (κ3) is 3.61. The molecule has 1 saturated heterocycles. The van der Waals surface area contributed by atoms with Crippen molar-refractivity contribution in [1.82, 2.24) is 10.2 Å². The summed E-state index contributed by atoms with van der Waals surface area (Å²) < 4.78 is 0. The third-order valence-electron chi connectivity index (χ3n) is 3.53. The first-order chi connectivity index (χ1) is 9.08. The average molecular weight is 283 g/mol. The lowest BCUT2D eigenvalue weighted by molar-refractivity contribution is 0.0937. The number of hydrogen-bond acceptors (Lipinski definition) is 3. The summed E-state index contributed by atoms with van der Waals surface area (Å²) in [5.74, 6) is -0.332. The largest absolute Gasteiger partial charge is 0.507 e. The molecule has 2 N–H and O–H groups in total. The normalized spacial score (nSPS) is 17.4. The number of carbonyl (C=O) groups excluding carboxylic acids is 1. The van der Waals surface area contributed by atoms with Crippen LogP contribution in [0.3, 0.4) is 0 Å². The van der Waals surface area contributed by atoms with Crippen LogP contribution in [-0.2, 0) is 0 Å². The topological polar surface area (TPSA) is 52.6 Å². The van der Waals surface area contributed by atoms with Gasteiger partial charge < -0.3 is 10.4 Å². The van der Waals surface area contributed by atoms with Crippen molar-refractivity contribution in [3.63, 3.8) is 0 Å². The lowest BCUT2D eigenvalue weighted by Crippen LogP contribution is -2.40. The summed E-state index contributed by atoms with van der Waals surface area (Å²) in [5.41, 5.74) is 0.223. The third-order valence-corrected chi connectivity index (χ3v) is 3.76. The molecule has 1 aromatic rings. The second-order valence-electron chi connectivity index (χ2n) is 4.96. The zero-order valence-corrected chi connectivity index (χ0v) is 11.8. The fourth-order valence-electron chi connectivity index (χ4n) is 2.34. The number of halogens is 1. The van der Waals surface area contributed by atoms with Crippen molar-refractivity contribution >= 4 is 17.5 Å². The number of nitrogens with zero attached hydrogens (tertiary/aromatic N) is 1. The number of rotatable bonds is 4. The molecule has 0 bridgehead atoms. The van der Waals surface area contributed by atoms with Crippen molar-refractivity contribution < 1.29 is 9.90 Å². The molecule has 1 aliphatic rings. The molecule has 1 amide bonds. The van der Waals surface area contributed by atoms with E-state index < -0.39 is 0 Å². The second-order valence-corrected chi connectivity index (χ2v) is 5.40. The Hall–Kier alpha value is -1.26. The van der Waals surface area contributed by atoms with Crippen LogP contribution in [0, 0.1) is 0 Å². The number of phenols is 1. The molecule has 5 heteroatoms. The standard InChI is InChI=1S/C14H19ClN2O2/c1-10(17-6-2-3-7-17)9-16-14(19)12-8-11(15)4-5-13(12)18/h4-5,8,10,18H,2-3,6-7,9H2,1H3,(H,16,19). The van der Waals surface area contributed by atoms with Gasteiger partial charge in [-0.25, -0.2) is 0 Å². The SMILES string of the molecule is CC(CNC(=O)c1cc(Cl)ccc1O)N1CCCC1. The lowest BCUT2D eigenvalue weighted by atomic mass is 10.2. The van der Waals surface area contributed by atoms with Crippen LogP contribution in [0.25, 0.3) is 0 Å². The molecule has 0 saturated carbocycles. The van der Waals surface area contributed by atoms with E-state index in [0.29, 0.717) is 17.6 Å². The summed E-state index contributed by atoms with van der Waals surface area (Å²) in [7, 11) is 0. The van der Waals surface area contributed by atoms with E-state index in [-0.39, 0.29) is 17.2 Å². The van der Waals surface area contributed by atoms with Gasteiger partial charge in [0.2, 0.25) is 0 Å². The summed E-state index contributed by atoms with van der Waals surface area (Å²) in [6, 6.07) is 4.78. The highest BCUT2D eigenvalue weighted by atomic mass is 35.5. The number of amides is 1. The van der Waals surface area contributed by atoms with E-state index in [1.54, 1.807) is 6.07 Å². The van der Waals surface area contributed by atoms with Crippen LogP contribution in [0.4, 0.5) is 0 Å². The maximum absolute atomic E-state index is 12.0. The molecule has 1 atom stereocenters. The van der Waals surface area contributed by atoms with Gasteiger partial charge in [0.1, 0.15) is 5.75 Å². The number of aromatic hydroxyl groups is 1. The van der Waals surface area contributed by atoms with Gasteiger partial charge in [0.15, 0.2) is 0 Å². The first-order valence-electron chi connectivity index (χ1n) is 6.58. The zero-order chi connectivity index (χ0) is 13.8.